The van der Waals surface area contributed by atoms with Crippen molar-refractivity contribution in [1.29, 1.82) is 0 Å². The summed E-state index contributed by atoms with van der Waals surface area (Å²) in [5.41, 5.74) is 0.679. The summed E-state index contributed by atoms with van der Waals surface area (Å²) in [6.07, 6.45) is 5.20. The summed E-state index contributed by atoms with van der Waals surface area (Å²) in [4.78, 5) is 32.1. The van der Waals surface area contributed by atoms with E-state index in [2.05, 4.69) is 10.2 Å². The number of aromatic nitrogens is 2. The van der Waals surface area contributed by atoms with Crippen molar-refractivity contribution in [1.82, 2.24) is 14.9 Å². The van der Waals surface area contributed by atoms with Crippen LogP contribution in [0.25, 0.3) is 10.2 Å². The first-order valence-electron chi connectivity index (χ1n) is 9.24. The second-order valence-corrected chi connectivity index (χ2v) is 7.57. The van der Waals surface area contributed by atoms with Crippen molar-refractivity contribution in [3.8, 4) is 0 Å². The number of anilines is 1. The van der Waals surface area contributed by atoms with Crippen LogP contribution in [0.15, 0.2) is 39.1 Å². The van der Waals surface area contributed by atoms with Crippen LogP contribution in [0.1, 0.15) is 31.4 Å². The Hall–Kier alpha value is -2.61. The number of fused-ring (bicyclic) bond motifs is 1. The predicted octanol–water partition coefficient (Wildman–Crippen LogP) is 2.75. The zero-order valence-corrected chi connectivity index (χ0v) is 15.8. The Balaban J connectivity index is 1.53. The van der Waals surface area contributed by atoms with Crippen molar-refractivity contribution >= 4 is 33.4 Å². The third-order valence-electron chi connectivity index (χ3n) is 4.79. The molecule has 1 saturated heterocycles. The van der Waals surface area contributed by atoms with E-state index in [4.69, 9.17) is 9.40 Å². The van der Waals surface area contributed by atoms with Gasteiger partial charge in [0.05, 0.1) is 18.3 Å². The van der Waals surface area contributed by atoms with Gasteiger partial charge < -0.3 is 14.6 Å². The van der Waals surface area contributed by atoms with Gasteiger partial charge in [0, 0.05) is 26.1 Å². The van der Waals surface area contributed by atoms with Gasteiger partial charge in [0.1, 0.15) is 10.5 Å². The number of carbonyl (C=O) groups is 1. The van der Waals surface area contributed by atoms with Crippen LogP contribution in [0.4, 0.5) is 5.95 Å². The van der Waals surface area contributed by atoms with Crippen molar-refractivity contribution in [3.63, 3.8) is 0 Å². The Morgan fingerprint density at radius 2 is 2.11 bits per heavy atom. The van der Waals surface area contributed by atoms with Crippen LogP contribution in [0, 0.1) is 0 Å². The summed E-state index contributed by atoms with van der Waals surface area (Å²) >= 11 is 1.40. The maximum absolute atomic E-state index is 13.0. The summed E-state index contributed by atoms with van der Waals surface area (Å²) in [6, 6.07) is 5.48. The average Bonchev–Trinajstić information content (AvgIpc) is 3.38. The molecule has 0 radical (unpaired) electrons. The number of nitrogens with zero attached hydrogens (tertiary/aromatic N) is 3. The molecule has 142 valence electrons. The van der Waals surface area contributed by atoms with Crippen LogP contribution < -0.4 is 15.8 Å². The second kappa shape index (κ2) is 7.96. The molecule has 4 heterocycles. The standard InChI is InChI=1S/C19H22N4O3S/c24-16(20-13-14-5-4-11-26-14)6-10-23-18(25)17-15(7-12-27-17)21-19(23)22-8-2-1-3-9-22/h4-5,7,11-12H,1-3,6,8-10,13H2,(H,20,24). The summed E-state index contributed by atoms with van der Waals surface area (Å²) in [5.74, 6) is 1.27. The molecule has 0 aliphatic carbocycles. The van der Waals surface area contributed by atoms with Crippen LogP contribution in [-0.2, 0) is 17.9 Å². The highest BCUT2D eigenvalue weighted by atomic mass is 32.1. The van der Waals surface area contributed by atoms with Gasteiger partial charge >= 0.3 is 0 Å². The Morgan fingerprint density at radius 3 is 2.89 bits per heavy atom. The van der Waals surface area contributed by atoms with Gasteiger partial charge in [-0.15, -0.1) is 11.3 Å². The first-order chi connectivity index (χ1) is 13.2. The molecule has 0 atom stereocenters. The van der Waals surface area contributed by atoms with Gasteiger partial charge in [-0.3, -0.25) is 14.2 Å². The van der Waals surface area contributed by atoms with Gasteiger partial charge in [-0.05, 0) is 42.8 Å². The Kier molecular flexibility index (Phi) is 5.24. The van der Waals surface area contributed by atoms with E-state index in [9.17, 15) is 9.59 Å². The molecule has 4 rings (SSSR count). The molecule has 0 unspecified atom stereocenters. The summed E-state index contributed by atoms with van der Waals surface area (Å²) in [7, 11) is 0. The highest BCUT2D eigenvalue weighted by Gasteiger charge is 2.20. The van der Waals surface area contributed by atoms with Crippen LogP contribution in [0.2, 0.25) is 0 Å². The molecule has 7 nitrogen and oxygen atoms in total. The molecule has 1 N–H and O–H groups in total. The molecule has 27 heavy (non-hydrogen) atoms. The molecular formula is C19H22N4O3S. The topological polar surface area (TPSA) is 80.4 Å². The van der Waals surface area contributed by atoms with Crippen LogP contribution >= 0.6 is 11.3 Å². The van der Waals surface area contributed by atoms with Gasteiger partial charge in [-0.2, -0.15) is 0 Å². The quantitative estimate of drug-likeness (QED) is 0.705. The molecule has 1 aliphatic rings. The van der Waals surface area contributed by atoms with E-state index in [0.29, 0.717) is 29.5 Å². The fourth-order valence-corrected chi connectivity index (χ4v) is 4.15. The van der Waals surface area contributed by atoms with Gasteiger partial charge in [0.15, 0.2) is 0 Å². The normalized spacial score (nSPS) is 14.6. The van der Waals surface area contributed by atoms with Crippen molar-refractivity contribution in [2.24, 2.45) is 0 Å². The molecule has 0 bridgehead atoms. The van der Waals surface area contributed by atoms with Crippen molar-refractivity contribution in [2.75, 3.05) is 18.0 Å². The van der Waals surface area contributed by atoms with Crippen molar-refractivity contribution in [2.45, 2.75) is 38.8 Å². The fraction of sp³-hybridized carbons (Fsp3) is 0.421. The maximum atomic E-state index is 13.0. The van der Waals surface area contributed by atoms with Crippen LogP contribution in [0.3, 0.4) is 0 Å². The highest BCUT2D eigenvalue weighted by molar-refractivity contribution is 7.17. The lowest BCUT2D eigenvalue weighted by Gasteiger charge is -2.29. The third kappa shape index (κ3) is 3.90. The van der Waals surface area contributed by atoms with E-state index < -0.39 is 0 Å². The molecule has 0 aromatic carbocycles. The van der Waals surface area contributed by atoms with Crippen LogP contribution in [-0.4, -0.2) is 28.5 Å². The van der Waals surface area contributed by atoms with Gasteiger partial charge in [-0.1, -0.05) is 0 Å². The number of piperidine rings is 1. The number of thiophene rings is 1. The molecule has 8 heteroatoms. The minimum atomic E-state index is -0.117. The number of carbonyl (C=O) groups excluding carboxylic acids is 1. The molecular weight excluding hydrogens is 364 g/mol. The smallest absolute Gasteiger partial charge is 0.272 e. The first-order valence-corrected chi connectivity index (χ1v) is 10.1. The third-order valence-corrected chi connectivity index (χ3v) is 5.68. The molecule has 0 spiro atoms. The van der Waals surface area contributed by atoms with E-state index >= 15 is 0 Å². The minimum absolute atomic E-state index is 0.0607. The van der Waals surface area contributed by atoms with Gasteiger partial charge in [0.25, 0.3) is 5.56 Å². The highest BCUT2D eigenvalue weighted by Crippen LogP contribution is 2.22. The summed E-state index contributed by atoms with van der Waals surface area (Å²) in [6.45, 7) is 2.46. The monoisotopic (exact) mass is 386 g/mol. The lowest BCUT2D eigenvalue weighted by molar-refractivity contribution is -0.121. The molecule has 3 aromatic heterocycles. The lowest BCUT2D eigenvalue weighted by atomic mass is 10.1. The molecule has 1 aliphatic heterocycles. The summed E-state index contributed by atoms with van der Waals surface area (Å²) in [5, 5.41) is 4.71. The van der Waals surface area contributed by atoms with Crippen molar-refractivity contribution in [3.05, 3.63) is 46.0 Å². The zero-order chi connectivity index (χ0) is 18.6. The maximum Gasteiger partial charge on any atom is 0.272 e. The largest absolute Gasteiger partial charge is 0.467 e. The SMILES string of the molecule is O=C(CCn1c(N2CCCCC2)nc2ccsc2c1=O)NCc1ccco1. The molecule has 1 fully saturated rings. The number of amides is 1. The Bertz CT molecular complexity index is 971. The lowest BCUT2D eigenvalue weighted by Crippen LogP contribution is -2.37. The minimum Gasteiger partial charge on any atom is -0.467 e. The molecule has 1 amide bonds. The van der Waals surface area contributed by atoms with E-state index in [1.165, 1.54) is 17.8 Å². The Morgan fingerprint density at radius 1 is 1.26 bits per heavy atom. The average molecular weight is 386 g/mol. The number of rotatable bonds is 6. The number of nitrogens with one attached hydrogen (secondary N) is 1. The number of furan rings is 1. The zero-order valence-electron chi connectivity index (χ0n) is 15.0. The van der Waals surface area contributed by atoms with Gasteiger partial charge in [-0.25, -0.2) is 4.98 Å². The van der Waals surface area contributed by atoms with E-state index in [0.717, 1.165) is 31.4 Å². The number of hydrogen-bond acceptors (Lipinski definition) is 6. The van der Waals surface area contributed by atoms with E-state index in [1.54, 1.807) is 16.9 Å². The second-order valence-electron chi connectivity index (χ2n) is 6.66. The van der Waals surface area contributed by atoms with Crippen LogP contribution in [0.5, 0.6) is 0 Å². The number of hydrogen-bond donors (Lipinski definition) is 1. The van der Waals surface area contributed by atoms with E-state index in [1.807, 2.05) is 17.5 Å². The Labute approximate surface area is 160 Å². The molecule has 3 aromatic rings. The molecule has 0 saturated carbocycles. The fourth-order valence-electron chi connectivity index (χ4n) is 3.37. The van der Waals surface area contributed by atoms with E-state index in [-0.39, 0.29) is 17.9 Å². The first kappa shape index (κ1) is 17.8. The summed E-state index contributed by atoms with van der Waals surface area (Å²) < 4.78 is 7.53. The van der Waals surface area contributed by atoms with Gasteiger partial charge in [0.2, 0.25) is 11.9 Å². The van der Waals surface area contributed by atoms with Crippen molar-refractivity contribution < 1.29 is 9.21 Å². The predicted molar refractivity (Wildman–Crippen MR) is 105 cm³/mol.